The van der Waals surface area contributed by atoms with E-state index >= 15 is 0 Å². The highest BCUT2D eigenvalue weighted by atomic mass is 16.5. The molecule has 2 aromatic carbocycles. The third-order valence-electron chi connectivity index (χ3n) is 2.93. The van der Waals surface area contributed by atoms with Crippen molar-refractivity contribution in [2.24, 2.45) is 0 Å². The third kappa shape index (κ3) is 3.81. The lowest BCUT2D eigenvalue weighted by molar-refractivity contribution is -0.124. The molecule has 0 fully saturated rings. The van der Waals surface area contributed by atoms with Gasteiger partial charge >= 0.3 is 0 Å². The molecule has 0 atom stereocenters. The number of Topliss-reactive ketones (excluding diaryl/α,β-unsaturated/α-hetero) is 1. The van der Waals surface area contributed by atoms with Crippen LogP contribution in [0.25, 0.3) is 10.8 Å². The maximum absolute atomic E-state index is 11.8. The smallest absolute Gasteiger partial charge is 0.231 e. The van der Waals surface area contributed by atoms with Gasteiger partial charge in [-0.1, -0.05) is 24.3 Å². The fourth-order valence-corrected chi connectivity index (χ4v) is 2.17. The molecule has 2 rings (SSSR count). The van der Waals surface area contributed by atoms with E-state index in [1.165, 1.54) is 6.92 Å². The van der Waals surface area contributed by atoms with E-state index in [1.54, 1.807) is 0 Å². The minimum Gasteiger partial charge on any atom is -0.490 e. The molecule has 0 bridgehead atoms. The standard InChI is InChI=1S/C17H19NO3/c1-11(2)21-16-9-5-6-13-14(16)7-4-8-15(13)18-17(20)10-12(3)19/h4-9,11H,10H2,1-3H3,(H,18,20). The zero-order chi connectivity index (χ0) is 15.4. The summed E-state index contributed by atoms with van der Waals surface area (Å²) >= 11 is 0. The summed E-state index contributed by atoms with van der Waals surface area (Å²) in [4.78, 5) is 22.8. The van der Waals surface area contributed by atoms with Crippen molar-refractivity contribution in [3.05, 3.63) is 36.4 Å². The minimum atomic E-state index is -0.301. The molecule has 0 aromatic heterocycles. The van der Waals surface area contributed by atoms with Gasteiger partial charge in [-0.25, -0.2) is 0 Å². The van der Waals surface area contributed by atoms with Crippen molar-refractivity contribution in [1.82, 2.24) is 0 Å². The Bertz CT molecular complexity index is 677. The molecule has 0 saturated carbocycles. The van der Waals surface area contributed by atoms with Crippen LogP contribution in [0.15, 0.2) is 36.4 Å². The van der Waals surface area contributed by atoms with Crippen molar-refractivity contribution in [3.63, 3.8) is 0 Å². The maximum Gasteiger partial charge on any atom is 0.231 e. The second-order valence-electron chi connectivity index (χ2n) is 5.25. The number of ether oxygens (including phenoxy) is 1. The van der Waals surface area contributed by atoms with Crippen molar-refractivity contribution in [1.29, 1.82) is 0 Å². The van der Waals surface area contributed by atoms with Gasteiger partial charge in [-0.2, -0.15) is 0 Å². The Morgan fingerprint density at radius 1 is 1.10 bits per heavy atom. The number of anilines is 1. The second kappa shape index (κ2) is 6.39. The first-order valence-corrected chi connectivity index (χ1v) is 6.95. The van der Waals surface area contributed by atoms with Crippen LogP contribution in [0.4, 0.5) is 5.69 Å². The van der Waals surface area contributed by atoms with Gasteiger partial charge in [-0.05, 0) is 32.9 Å². The average molecular weight is 285 g/mol. The van der Waals surface area contributed by atoms with Crippen LogP contribution >= 0.6 is 0 Å². The number of carbonyl (C=O) groups excluding carboxylic acids is 2. The molecule has 0 aliphatic rings. The summed E-state index contributed by atoms with van der Waals surface area (Å²) in [5.74, 6) is 0.326. The number of carbonyl (C=O) groups is 2. The van der Waals surface area contributed by atoms with Crippen molar-refractivity contribution in [3.8, 4) is 5.75 Å². The Morgan fingerprint density at radius 3 is 2.43 bits per heavy atom. The van der Waals surface area contributed by atoms with Crippen LogP contribution in [0.5, 0.6) is 5.75 Å². The lowest BCUT2D eigenvalue weighted by Crippen LogP contribution is -2.15. The van der Waals surface area contributed by atoms with Crippen LogP contribution in [0.3, 0.4) is 0 Å². The van der Waals surface area contributed by atoms with Gasteiger partial charge in [0.25, 0.3) is 0 Å². The number of ketones is 1. The average Bonchev–Trinajstić information content (AvgIpc) is 2.38. The molecule has 21 heavy (non-hydrogen) atoms. The molecule has 4 nitrogen and oxygen atoms in total. The molecule has 0 spiro atoms. The van der Waals surface area contributed by atoms with Crippen LogP contribution in [-0.2, 0) is 9.59 Å². The molecule has 0 saturated heterocycles. The van der Waals surface area contributed by atoms with E-state index in [0.29, 0.717) is 5.69 Å². The monoisotopic (exact) mass is 285 g/mol. The number of hydrogen-bond acceptors (Lipinski definition) is 3. The van der Waals surface area contributed by atoms with Crippen LogP contribution in [0.1, 0.15) is 27.2 Å². The van der Waals surface area contributed by atoms with E-state index in [4.69, 9.17) is 4.74 Å². The van der Waals surface area contributed by atoms with Gasteiger partial charge < -0.3 is 10.1 Å². The molecule has 2 aromatic rings. The summed E-state index contributed by atoms with van der Waals surface area (Å²) < 4.78 is 5.79. The Labute approximate surface area is 124 Å². The topological polar surface area (TPSA) is 55.4 Å². The second-order valence-corrected chi connectivity index (χ2v) is 5.25. The molecular weight excluding hydrogens is 266 g/mol. The molecule has 0 heterocycles. The lowest BCUT2D eigenvalue weighted by atomic mass is 10.1. The highest BCUT2D eigenvalue weighted by Crippen LogP contribution is 2.31. The number of amides is 1. The van der Waals surface area contributed by atoms with Crippen LogP contribution in [0, 0.1) is 0 Å². The summed E-state index contributed by atoms with van der Waals surface area (Å²) in [6, 6.07) is 11.3. The van der Waals surface area contributed by atoms with Gasteiger partial charge in [0.2, 0.25) is 5.91 Å². The number of fused-ring (bicyclic) bond motifs is 1. The van der Waals surface area contributed by atoms with Crippen LogP contribution in [-0.4, -0.2) is 17.8 Å². The summed E-state index contributed by atoms with van der Waals surface area (Å²) in [6.45, 7) is 5.34. The molecule has 0 aliphatic carbocycles. The SMILES string of the molecule is CC(=O)CC(=O)Nc1cccc2c(OC(C)C)cccc12. The van der Waals surface area contributed by atoms with Crippen molar-refractivity contribution < 1.29 is 14.3 Å². The molecule has 4 heteroatoms. The number of benzene rings is 2. The van der Waals surface area contributed by atoms with Gasteiger partial charge in [0, 0.05) is 16.5 Å². The van der Waals surface area contributed by atoms with Gasteiger partial charge in [-0.3, -0.25) is 9.59 Å². The lowest BCUT2D eigenvalue weighted by Gasteiger charge is -2.14. The number of rotatable bonds is 5. The predicted octanol–water partition coefficient (Wildman–Crippen LogP) is 3.54. The van der Waals surface area contributed by atoms with Gasteiger partial charge in [0.1, 0.15) is 11.5 Å². The normalized spacial score (nSPS) is 10.7. The van der Waals surface area contributed by atoms with E-state index in [9.17, 15) is 9.59 Å². The number of nitrogens with one attached hydrogen (secondary N) is 1. The Balaban J connectivity index is 2.37. The van der Waals surface area contributed by atoms with Gasteiger partial charge in [-0.15, -0.1) is 0 Å². The van der Waals surface area contributed by atoms with Crippen molar-refractivity contribution >= 4 is 28.2 Å². The first-order chi connectivity index (χ1) is 9.97. The van der Waals surface area contributed by atoms with Gasteiger partial charge in [0.05, 0.1) is 12.5 Å². The first kappa shape index (κ1) is 15.0. The van der Waals surface area contributed by atoms with E-state index in [0.717, 1.165) is 16.5 Å². The Kier molecular flexibility index (Phi) is 4.58. The van der Waals surface area contributed by atoms with E-state index in [-0.39, 0.29) is 24.2 Å². The van der Waals surface area contributed by atoms with E-state index in [2.05, 4.69) is 5.32 Å². The molecule has 1 N–H and O–H groups in total. The predicted molar refractivity (Wildman–Crippen MR) is 83.6 cm³/mol. The zero-order valence-electron chi connectivity index (χ0n) is 12.5. The van der Waals surface area contributed by atoms with Crippen LogP contribution < -0.4 is 10.1 Å². The fourth-order valence-electron chi connectivity index (χ4n) is 2.17. The fraction of sp³-hybridized carbons (Fsp3) is 0.294. The van der Waals surface area contributed by atoms with E-state index < -0.39 is 0 Å². The summed E-state index contributed by atoms with van der Waals surface area (Å²) in [6.07, 6.45) is -0.0370. The molecule has 1 amide bonds. The van der Waals surface area contributed by atoms with Crippen molar-refractivity contribution in [2.45, 2.75) is 33.3 Å². The highest BCUT2D eigenvalue weighted by molar-refractivity contribution is 6.08. The zero-order valence-corrected chi connectivity index (χ0v) is 12.5. The van der Waals surface area contributed by atoms with E-state index in [1.807, 2.05) is 50.2 Å². The highest BCUT2D eigenvalue weighted by Gasteiger charge is 2.10. The Morgan fingerprint density at radius 2 is 1.76 bits per heavy atom. The maximum atomic E-state index is 11.8. The molecular formula is C17H19NO3. The molecule has 0 unspecified atom stereocenters. The van der Waals surface area contributed by atoms with Gasteiger partial charge in [0.15, 0.2) is 0 Å². The number of hydrogen-bond donors (Lipinski definition) is 1. The Hall–Kier alpha value is -2.36. The summed E-state index contributed by atoms with van der Waals surface area (Å²) in [5, 5.41) is 4.61. The minimum absolute atomic E-state index is 0.0755. The summed E-state index contributed by atoms with van der Waals surface area (Å²) in [7, 11) is 0. The summed E-state index contributed by atoms with van der Waals surface area (Å²) in [5.41, 5.74) is 0.688. The largest absolute Gasteiger partial charge is 0.490 e. The first-order valence-electron chi connectivity index (χ1n) is 6.95. The van der Waals surface area contributed by atoms with Crippen molar-refractivity contribution in [2.75, 3.05) is 5.32 Å². The quantitative estimate of drug-likeness (QED) is 0.855. The molecule has 110 valence electrons. The third-order valence-corrected chi connectivity index (χ3v) is 2.93. The molecule has 0 radical (unpaired) electrons. The molecule has 0 aliphatic heterocycles. The van der Waals surface area contributed by atoms with Crippen LogP contribution in [0.2, 0.25) is 0 Å².